The molecular weight excluding hydrogens is 219 g/mol. The number of nitrogens with zero attached hydrogens (tertiary/aromatic N) is 1. The van der Waals surface area contributed by atoms with Crippen LogP contribution < -0.4 is 5.73 Å². The first-order valence-corrected chi connectivity index (χ1v) is 6.39. The van der Waals surface area contributed by atoms with Crippen LogP contribution in [0.2, 0.25) is 0 Å². The van der Waals surface area contributed by atoms with E-state index in [0.29, 0.717) is 12.5 Å². The third-order valence-corrected chi connectivity index (χ3v) is 4.34. The van der Waals surface area contributed by atoms with E-state index in [1.54, 1.807) is 4.90 Å². The summed E-state index contributed by atoms with van der Waals surface area (Å²) >= 11 is 0. The number of hydrogen-bond donors (Lipinski definition) is 3. The fourth-order valence-corrected chi connectivity index (χ4v) is 2.81. The summed E-state index contributed by atoms with van der Waals surface area (Å²) in [5, 5.41) is 18.7. The van der Waals surface area contributed by atoms with Crippen LogP contribution in [-0.4, -0.2) is 46.5 Å². The minimum atomic E-state index is -1.44. The third-order valence-electron chi connectivity index (χ3n) is 4.34. The van der Waals surface area contributed by atoms with Crippen molar-refractivity contribution in [3.63, 3.8) is 0 Å². The Labute approximate surface area is 102 Å². The highest BCUT2D eigenvalue weighted by molar-refractivity contribution is 6.44. The molecule has 0 bridgehead atoms. The predicted molar refractivity (Wildman–Crippen MR) is 64.7 cm³/mol. The van der Waals surface area contributed by atoms with E-state index in [0.717, 1.165) is 12.8 Å². The number of amides is 1. The van der Waals surface area contributed by atoms with Crippen molar-refractivity contribution in [3.8, 4) is 0 Å². The molecule has 96 valence electrons. The fraction of sp³-hybridized carbons (Fsp3) is 0.909. The lowest BCUT2D eigenvalue weighted by molar-refractivity contribution is -0.134. The van der Waals surface area contributed by atoms with Crippen molar-refractivity contribution >= 4 is 13.0 Å². The van der Waals surface area contributed by atoms with Crippen molar-refractivity contribution in [1.29, 1.82) is 0 Å². The molecular formula is C11H21BN2O3. The Kier molecular flexibility index (Phi) is 3.47. The normalized spacial score (nSPS) is 34.2. The van der Waals surface area contributed by atoms with Crippen molar-refractivity contribution in [1.82, 2.24) is 4.90 Å². The van der Waals surface area contributed by atoms with Crippen molar-refractivity contribution in [2.75, 3.05) is 6.54 Å². The number of carbonyl (C=O) groups excluding carboxylic acids is 1. The van der Waals surface area contributed by atoms with Crippen molar-refractivity contribution < 1.29 is 14.8 Å². The molecule has 1 amide bonds. The molecule has 0 radical (unpaired) electrons. The first kappa shape index (κ1) is 12.9. The zero-order chi connectivity index (χ0) is 12.7. The average molecular weight is 240 g/mol. The monoisotopic (exact) mass is 240 g/mol. The highest BCUT2D eigenvalue weighted by Gasteiger charge is 2.58. The van der Waals surface area contributed by atoms with Crippen LogP contribution in [-0.2, 0) is 4.79 Å². The summed E-state index contributed by atoms with van der Waals surface area (Å²) in [6, 6.07) is -0.529. The Hall–Kier alpha value is -0.585. The fourth-order valence-electron chi connectivity index (χ4n) is 2.81. The summed E-state index contributed by atoms with van der Waals surface area (Å²) < 4.78 is 0. The summed E-state index contributed by atoms with van der Waals surface area (Å²) in [5.74, 6) is 0.265. The molecule has 0 spiro atoms. The Morgan fingerprint density at radius 1 is 1.59 bits per heavy atom. The van der Waals surface area contributed by atoms with E-state index in [1.807, 2.05) is 13.8 Å². The lowest BCUT2D eigenvalue weighted by Gasteiger charge is -2.31. The molecule has 17 heavy (non-hydrogen) atoms. The molecule has 0 aromatic heterocycles. The molecule has 5 nitrogen and oxygen atoms in total. The smallest absolute Gasteiger partial charge is 0.426 e. The van der Waals surface area contributed by atoms with E-state index < -0.39 is 19.1 Å². The van der Waals surface area contributed by atoms with Gasteiger partial charge in [-0.2, -0.15) is 0 Å². The minimum absolute atomic E-state index is 0.121. The van der Waals surface area contributed by atoms with Crippen LogP contribution in [0.3, 0.4) is 0 Å². The van der Waals surface area contributed by atoms with Gasteiger partial charge in [0.25, 0.3) is 0 Å². The molecule has 1 aliphatic heterocycles. The highest BCUT2D eigenvalue weighted by Crippen LogP contribution is 2.49. The van der Waals surface area contributed by atoms with Crippen LogP contribution in [0.15, 0.2) is 0 Å². The van der Waals surface area contributed by atoms with E-state index >= 15 is 0 Å². The molecule has 2 fully saturated rings. The van der Waals surface area contributed by atoms with Gasteiger partial charge < -0.3 is 20.7 Å². The zero-order valence-corrected chi connectivity index (χ0v) is 10.4. The second-order valence-corrected chi connectivity index (χ2v) is 5.47. The van der Waals surface area contributed by atoms with E-state index in [9.17, 15) is 14.8 Å². The maximum Gasteiger partial charge on any atom is 0.476 e. The average Bonchev–Trinajstić information content (AvgIpc) is 2.96. The molecule has 4 N–H and O–H groups in total. The molecule has 5 unspecified atom stereocenters. The third kappa shape index (κ3) is 2.21. The predicted octanol–water partition coefficient (Wildman–Crippen LogP) is -0.781. The standard InChI is InChI=1S/C11H21BN2O3/c1-3-6(2)9(13)11(15)14-5-7-4-8(7)10(14)12(16)17/h6-10,16-17H,3-5,13H2,1-2H3. The highest BCUT2D eigenvalue weighted by atomic mass is 16.4. The molecule has 1 saturated carbocycles. The van der Waals surface area contributed by atoms with E-state index in [2.05, 4.69) is 0 Å². The number of rotatable bonds is 4. The van der Waals surface area contributed by atoms with E-state index in [4.69, 9.17) is 5.73 Å². The SMILES string of the molecule is CCC(C)C(N)C(=O)N1CC2CC2C1B(O)O. The molecule has 1 heterocycles. The van der Waals surface area contributed by atoms with Crippen LogP contribution in [0.5, 0.6) is 0 Å². The number of fused-ring (bicyclic) bond motifs is 1. The molecule has 2 rings (SSSR count). The first-order chi connectivity index (χ1) is 7.97. The first-order valence-electron chi connectivity index (χ1n) is 6.39. The Bertz CT molecular complexity index is 313. The molecule has 2 aliphatic rings. The van der Waals surface area contributed by atoms with E-state index in [-0.39, 0.29) is 17.7 Å². The van der Waals surface area contributed by atoms with Gasteiger partial charge in [0, 0.05) is 6.54 Å². The van der Waals surface area contributed by atoms with Crippen LogP contribution in [0.4, 0.5) is 0 Å². The molecule has 6 heteroatoms. The van der Waals surface area contributed by atoms with Gasteiger partial charge in [-0.25, -0.2) is 0 Å². The van der Waals surface area contributed by atoms with Crippen LogP contribution in [0.1, 0.15) is 26.7 Å². The van der Waals surface area contributed by atoms with Crippen LogP contribution >= 0.6 is 0 Å². The Morgan fingerprint density at radius 3 is 2.76 bits per heavy atom. The van der Waals surface area contributed by atoms with Gasteiger partial charge in [0.2, 0.25) is 5.91 Å². The lowest BCUT2D eigenvalue weighted by Crippen LogP contribution is -2.54. The van der Waals surface area contributed by atoms with Gasteiger partial charge >= 0.3 is 7.12 Å². The quantitative estimate of drug-likeness (QED) is 0.562. The summed E-state index contributed by atoms with van der Waals surface area (Å²) in [5.41, 5.74) is 5.92. The van der Waals surface area contributed by atoms with Crippen molar-refractivity contribution in [2.24, 2.45) is 23.5 Å². The molecule has 1 saturated heterocycles. The topological polar surface area (TPSA) is 86.8 Å². The number of likely N-dealkylation sites (tertiary alicyclic amines) is 1. The summed E-state index contributed by atoms with van der Waals surface area (Å²) in [6.45, 7) is 4.58. The van der Waals surface area contributed by atoms with Crippen molar-refractivity contribution in [3.05, 3.63) is 0 Å². The van der Waals surface area contributed by atoms with Crippen molar-refractivity contribution in [2.45, 2.75) is 38.7 Å². The van der Waals surface area contributed by atoms with Gasteiger partial charge in [-0.15, -0.1) is 0 Å². The number of carbonyl (C=O) groups is 1. The van der Waals surface area contributed by atoms with Gasteiger partial charge in [-0.1, -0.05) is 20.3 Å². The Morgan fingerprint density at radius 2 is 2.24 bits per heavy atom. The summed E-state index contributed by atoms with van der Waals surface area (Å²) in [7, 11) is -1.44. The molecule has 1 aliphatic carbocycles. The molecule has 5 atom stereocenters. The summed E-state index contributed by atoms with van der Waals surface area (Å²) in [6.07, 6.45) is 1.85. The second-order valence-electron chi connectivity index (χ2n) is 5.47. The van der Waals surface area contributed by atoms with Crippen LogP contribution in [0, 0.1) is 17.8 Å². The lowest BCUT2D eigenvalue weighted by atomic mass is 9.76. The number of piperidine rings is 1. The molecule has 0 aromatic rings. The van der Waals surface area contributed by atoms with Gasteiger partial charge in [-0.05, 0) is 24.2 Å². The van der Waals surface area contributed by atoms with Gasteiger partial charge in [0.15, 0.2) is 0 Å². The Balaban J connectivity index is 2.04. The summed E-state index contributed by atoms with van der Waals surface area (Å²) in [4.78, 5) is 13.8. The molecule has 0 aromatic carbocycles. The van der Waals surface area contributed by atoms with Crippen LogP contribution in [0.25, 0.3) is 0 Å². The van der Waals surface area contributed by atoms with Gasteiger partial charge in [0.05, 0.1) is 12.0 Å². The minimum Gasteiger partial charge on any atom is -0.426 e. The van der Waals surface area contributed by atoms with Gasteiger partial charge in [0.1, 0.15) is 0 Å². The maximum atomic E-state index is 12.2. The number of hydrogen-bond acceptors (Lipinski definition) is 4. The van der Waals surface area contributed by atoms with E-state index in [1.165, 1.54) is 0 Å². The van der Waals surface area contributed by atoms with Gasteiger partial charge in [-0.3, -0.25) is 4.79 Å². The maximum absolute atomic E-state index is 12.2. The zero-order valence-electron chi connectivity index (χ0n) is 10.4. The largest absolute Gasteiger partial charge is 0.476 e. The number of nitrogens with two attached hydrogens (primary N) is 1. The second kappa shape index (κ2) is 4.59.